The lowest BCUT2D eigenvalue weighted by molar-refractivity contribution is 0.326. The Morgan fingerprint density at radius 2 is 2.17 bits per heavy atom. The summed E-state index contributed by atoms with van der Waals surface area (Å²) in [6.45, 7) is 7.12. The molecule has 0 aliphatic rings. The van der Waals surface area contributed by atoms with Gasteiger partial charge in [-0.1, -0.05) is 0 Å². The van der Waals surface area contributed by atoms with Crippen LogP contribution in [0.4, 0.5) is 5.95 Å². The van der Waals surface area contributed by atoms with Crippen molar-refractivity contribution in [1.29, 1.82) is 0 Å². The number of nitrogens with zero attached hydrogens (tertiary/aromatic N) is 3. The second-order valence-corrected chi connectivity index (χ2v) is 5.14. The molecule has 96 valence electrons. The summed E-state index contributed by atoms with van der Waals surface area (Å²) in [6.07, 6.45) is 1.87. The van der Waals surface area contributed by atoms with Crippen LogP contribution in [0.15, 0.2) is 12.3 Å². The summed E-state index contributed by atoms with van der Waals surface area (Å²) in [4.78, 5) is 14.1. The van der Waals surface area contributed by atoms with E-state index in [-0.39, 0.29) is 0 Å². The monoisotopic (exact) mass is 264 g/mol. The van der Waals surface area contributed by atoms with Crippen LogP contribution in [0.25, 0.3) is 0 Å². The maximum absolute atomic E-state index is 5.38. The van der Waals surface area contributed by atoms with Crippen LogP contribution in [0.1, 0.15) is 22.5 Å². The zero-order valence-corrected chi connectivity index (χ0v) is 11.5. The van der Waals surface area contributed by atoms with Crippen molar-refractivity contribution < 1.29 is 4.74 Å². The van der Waals surface area contributed by atoms with Crippen LogP contribution >= 0.6 is 11.3 Å². The average molecular weight is 264 g/mol. The van der Waals surface area contributed by atoms with Crippen molar-refractivity contribution in [3.63, 3.8) is 0 Å². The molecule has 1 N–H and O–H groups in total. The summed E-state index contributed by atoms with van der Waals surface area (Å²) in [7, 11) is 0. The number of rotatable bonds is 5. The van der Waals surface area contributed by atoms with Crippen molar-refractivity contribution in [1.82, 2.24) is 15.0 Å². The van der Waals surface area contributed by atoms with Crippen LogP contribution in [0.2, 0.25) is 0 Å². The Morgan fingerprint density at radius 1 is 1.33 bits per heavy atom. The van der Waals surface area contributed by atoms with Crippen LogP contribution in [-0.4, -0.2) is 21.6 Å². The summed E-state index contributed by atoms with van der Waals surface area (Å²) in [6, 6.07) is 1.82. The number of aryl methyl sites for hydroxylation is 2. The first kappa shape index (κ1) is 12.8. The molecular formula is C12H16N4OS. The predicted octanol–water partition coefficient (Wildman–Crippen LogP) is 2.56. The smallest absolute Gasteiger partial charge is 0.226 e. The highest BCUT2D eigenvalue weighted by atomic mass is 32.1. The molecule has 0 bridgehead atoms. The van der Waals surface area contributed by atoms with E-state index in [4.69, 9.17) is 4.74 Å². The van der Waals surface area contributed by atoms with Gasteiger partial charge in [-0.25, -0.2) is 9.97 Å². The van der Waals surface area contributed by atoms with Gasteiger partial charge in [0.15, 0.2) is 0 Å². The van der Waals surface area contributed by atoms with Crippen molar-refractivity contribution in [3.05, 3.63) is 27.8 Å². The van der Waals surface area contributed by atoms with Crippen LogP contribution in [-0.2, 0) is 6.54 Å². The maximum Gasteiger partial charge on any atom is 0.226 e. The number of aromatic nitrogens is 3. The van der Waals surface area contributed by atoms with E-state index in [1.54, 1.807) is 11.3 Å². The second kappa shape index (κ2) is 5.77. The normalized spacial score (nSPS) is 10.4. The molecule has 0 aliphatic carbocycles. The van der Waals surface area contributed by atoms with Gasteiger partial charge >= 0.3 is 0 Å². The van der Waals surface area contributed by atoms with Crippen molar-refractivity contribution in [2.45, 2.75) is 27.3 Å². The van der Waals surface area contributed by atoms with Gasteiger partial charge in [-0.2, -0.15) is 4.98 Å². The van der Waals surface area contributed by atoms with Gasteiger partial charge in [0.1, 0.15) is 5.01 Å². The van der Waals surface area contributed by atoms with Gasteiger partial charge in [0, 0.05) is 22.8 Å². The molecule has 0 unspecified atom stereocenters. The minimum atomic E-state index is 0.575. The maximum atomic E-state index is 5.38. The third kappa shape index (κ3) is 3.40. The third-order valence-electron chi connectivity index (χ3n) is 2.19. The van der Waals surface area contributed by atoms with E-state index in [2.05, 4.69) is 20.3 Å². The predicted molar refractivity (Wildman–Crippen MR) is 72.1 cm³/mol. The van der Waals surface area contributed by atoms with Crippen molar-refractivity contribution in [3.8, 4) is 5.88 Å². The standard InChI is InChI=1S/C12H16N4OS/c1-4-17-10-5-8(2)15-12(16-10)14-7-11-13-6-9(3)18-11/h5-6H,4,7H2,1-3H3,(H,14,15,16). The summed E-state index contributed by atoms with van der Waals surface area (Å²) < 4.78 is 5.38. The molecule has 5 nitrogen and oxygen atoms in total. The van der Waals surface area contributed by atoms with Crippen LogP contribution < -0.4 is 10.1 Å². The molecule has 0 fully saturated rings. The lowest BCUT2D eigenvalue weighted by atomic mass is 10.4. The molecule has 2 aromatic rings. The number of ether oxygens (including phenoxy) is 1. The first-order valence-electron chi connectivity index (χ1n) is 5.81. The Labute approximate surface area is 110 Å². The Hall–Kier alpha value is -1.69. The largest absolute Gasteiger partial charge is 0.478 e. The lowest BCUT2D eigenvalue weighted by Gasteiger charge is -2.07. The van der Waals surface area contributed by atoms with Crippen molar-refractivity contribution in [2.24, 2.45) is 0 Å². The molecule has 2 rings (SSSR count). The molecule has 6 heteroatoms. The molecular weight excluding hydrogens is 248 g/mol. The fourth-order valence-electron chi connectivity index (χ4n) is 1.48. The van der Waals surface area contributed by atoms with Gasteiger partial charge < -0.3 is 10.1 Å². The van der Waals surface area contributed by atoms with E-state index in [0.717, 1.165) is 10.7 Å². The summed E-state index contributed by atoms with van der Waals surface area (Å²) in [5, 5.41) is 4.18. The number of anilines is 1. The summed E-state index contributed by atoms with van der Waals surface area (Å²) >= 11 is 1.67. The molecule has 18 heavy (non-hydrogen) atoms. The van der Waals surface area contributed by atoms with E-state index in [9.17, 15) is 0 Å². The summed E-state index contributed by atoms with van der Waals surface area (Å²) in [5.41, 5.74) is 0.881. The number of hydrogen-bond donors (Lipinski definition) is 1. The average Bonchev–Trinajstić information content (AvgIpc) is 2.72. The Morgan fingerprint density at radius 3 is 2.83 bits per heavy atom. The molecule has 0 spiro atoms. The quantitative estimate of drug-likeness (QED) is 0.899. The highest BCUT2D eigenvalue weighted by Crippen LogP contribution is 2.15. The molecule has 0 aliphatic heterocycles. The Kier molecular flexibility index (Phi) is 4.09. The number of nitrogens with one attached hydrogen (secondary N) is 1. The third-order valence-corrected chi connectivity index (χ3v) is 3.10. The molecule has 0 atom stereocenters. The van der Waals surface area contributed by atoms with Gasteiger partial charge in [-0.15, -0.1) is 11.3 Å². The molecule has 0 saturated heterocycles. The molecule has 0 radical (unpaired) electrons. The fourth-order valence-corrected chi connectivity index (χ4v) is 2.21. The first-order chi connectivity index (χ1) is 8.67. The number of hydrogen-bond acceptors (Lipinski definition) is 6. The topological polar surface area (TPSA) is 59.9 Å². The molecule has 0 aromatic carbocycles. The molecule has 0 amide bonds. The van der Waals surface area contributed by atoms with E-state index in [1.807, 2.05) is 33.0 Å². The minimum Gasteiger partial charge on any atom is -0.478 e. The SMILES string of the molecule is CCOc1cc(C)nc(NCc2ncc(C)s2)n1. The van der Waals surface area contributed by atoms with Gasteiger partial charge in [0.05, 0.1) is 13.2 Å². The van der Waals surface area contributed by atoms with Crippen molar-refractivity contribution in [2.75, 3.05) is 11.9 Å². The molecule has 0 saturated carbocycles. The highest BCUT2D eigenvalue weighted by Gasteiger charge is 2.04. The molecule has 2 aromatic heterocycles. The van der Waals surface area contributed by atoms with E-state index in [1.165, 1.54) is 4.88 Å². The molecule has 2 heterocycles. The van der Waals surface area contributed by atoms with E-state index in [0.29, 0.717) is 25.0 Å². The van der Waals surface area contributed by atoms with E-state index < -0.39 is 0 Å². The van der Waals surface area contributed by atoms with Gasteiger partial charge in [-0.05, 0) is 20.8 Å². The zero-order chi connectivity index (χ0) is 13.0. The van der Waals surface area contributed by atoms with Crippen LogP contribution in [0.5, 0.6) is 5.88 Å². The fraction of sp³-hybridized carbons (Fsp3) is 0.417. The van der Waals surface area contributed by atoms with Gasteiger partial charge in [0.25, 0.3) is 0 Å². The Balaban J connectivity index is 2.04. The Bertz CT molecular complexity index is 527. The lowest BCUT2D eigenvalue weighted by Crippen LogP contribution is -2.06. The number of thiazole rings is 1. The van der Waals surface area contributed by atoms with Crippen molar-refractivity contribution >= 4 is 17.3 Å². The van der Waals surface area contributed by atoms with E-state index >= 15 is 0 Å². The van der Waals surface area contributed by atoms with Crippen LogP contribution in [0.3, 0.4) is 0 Å². The minimum absolute atomic E-state index is 0.575. The zero-order valence-electron chi connectivity index (χ0n) is 10.7. The van der Waals surface area contributed by atoms with Gasteiger partial charge in [-0.3, -0.25) is 0 Å². The summed E-state index contributed by atoms with van der Waals surface area (Å²) in [5.74, 6) is 1.18. The highest BCUT2D eigenvalue weighted by molar-refractivity contribution is 7.11. The van der Waals surface area contributed by atoms with Crippen LogP contribution in [0, 0.1) is 13.8 Å². The van der Waals surface area contributed by atoms with Gasteiger partial charge in [0.2, 0.25) is 11.8 Å². The second-order valence-electron chi connectivity index (χ2n) is 3.82. The first-order valence-corrected chi connectivity index (χ1v) is 6.62.